The third kappa shape index (κ3) is 2.54. The van der Waals surface area contributed by atoms with Gasteiger partial charge in [-0.15, -0.1) is 0 Å². The lowest BCUT2D eigenvalue weighted by molar-refractivity contribution is -0.278. The number of carbonyl (C=O) groups is 1. The van der Waals surface area contributed by atoms with Crippen molar-refractivity contribution >= 4 is 5.91 Å². The number of ether oxygens (including phenoxy) is 3. The van der Waals surface area contributed by atoms with Gasteiger partial charge in [0, 0.05) is 13.5 Å². The van der Waals surface area contributed by atoms with E-state index in [2.05, 4.69) is 5.32 Å². The first-order valence-corrected chi connectivity index (χ1v) is 6.54. The summed E-state index contributed by atoms with van der Waals surface area (Å²) < 4.78 is 17.0. The van der Waals surface area contributed by atoms with Crippen LogP contribution in [0, 0.1) is 0 Å². The Morgan fingerprint density at radius 1 is 1.35 bits per heavy atom. The molecular formula is C12H22N2O6. The molecular weight excluding hydrogens is 268 g/mol. The van der Waals surface area contributed by atoms with Gasteiger partial charge in [-0.05, 0) is 13.8 Å². The molecule has 2 heterocycles. The molecule has 8 nitrogen and oxygen atoms in total. The third-order valence-corrected chi connectivity index (χ3v) is 3.65. The molecule has 0 spiro atoms. The lowest BCUT2D eigenvalue weighted by Crippen LogP contribution is -2.70. The minimum absolute atomic E-state index is 0.0477. The largest absolute Gasteiger partial charge is 0.393 e. The average Bonchev–Trinajstić information content (AvgIpc) is 2.68. The predicted molar refractivity (Wildman–Crippen MR) is 67.4 cm³/mol. The summed E-state index contributed by atoms with van der Waals surface area (Å²) in [7, 11) is 0. The number of amides is 1. The molecule has 2 fully saturated rings. The van der Waals surface area contributed by atoms with Crippen LogP contribution in [0.1, 0.15) is 20.8 Å². The second-order valence-corrected chi connectivity index (χ2v) is 5.68. The van der Waals surface area contributed by atoms with Crippen molar-refractivity contribution in [3.8, 4) is 0 Å². The molecule has 20 heavy (non-hydrogen) atoms. The summed E-state index contributed by atoms with van der Waals surface area (Å²) in [4.78, 5) is 11.3. The SMILES string of the molecule is CC(=O)N[C@@H]1C(O)OC(CN)(CO)[C@@H]2OC(C)(C)O[C@H]12. The quantitative estimate of drug-likeness (QED) is 0.476. The summed E-state index contributed by atoms with van der Waals surface area (Å²) in [6, 6.07) is -0.787. The number of aliphatic hydroxyl groups is 2. The molecule has 0 radical (unpaired) electrons. The molecule has 0 saturated carbocycles. The summed E-state index contributed by atoms with van der Waals surface area (Å²) in [6.07, 6.45) is -2.69. The molecule has 5 atom stereocenters. The smallest absolute Gasteiger partial charge is 0.217 e. The van der Waals surface area contributed by atoms with E-state index in [9.17, 15) is 15.0 Å². The first-order valence-electron chi connectivity index (χ1n) is 6.54. The van der Waals surface area contributed by atoms with Crippen molar-refractivity contribution in [1.82, 2.24) is 5.32 Å². The van der Waals surface area contributed by atoms with E-state index < -0.39 is 42.5 Å². The first kappa shape index (κ1) is 15.6. The molecule has 2 saturated heterocycles. The van der Waals surface area contributed by atoms with Crippen LogP contribution in [-0.2, 0) is 19.0 Å². The molecule has 2 rings (SSSR count). The van der Waals surface area contributed by atoms with Crippen molar-refractivity contribution < 1.29 is 29.2 Å². The average molecular weight is 290 g/mol. The van der Waals surface area contributed by atoms with Crippen LogP contribution in [0.15, 0.2) is 0 Å². The Morgan fingerprint density at radius 2 is 2.00 bits per heavy atom. The zero-order valence-electron chi connectivity index (χ0n) is 11.8. The highest BCUT2D eigenvalue weighted by atomic mass is 16.8. The molecule has 2 unspecified atom stereocenters. The standard InChI is InChI=1S/C12H22N2O6/c1-6(16)14-7-8-9(19-11(2,3)18-8)12(4-13,5-15)20-10(7)17/h7-10,15,17H,4-5,13H2,1-3H3,(H,14,16)/t7-,8+,9+,10?,12?/m0/s1. The van der Waals surface area contributed by atoms with E-state index >= 15 is 0 Å². The van der Waals surface area contributed by atoms with Crippen LogP contribution >= 0.6 is 0 Å². The van der Waals surface area contributed by atoms with Gasteiger partial charge in [0.25, 0.3) is 0 Å². The predicted octanol–water partition coefficient (Wildman–Crippen LogP) is -1.95. The van der Waals surface area contributed by atoms with Gasteiger partial charge in [-0.25, -0.2) is 0 Å². The minimum Gasteiger partial charge on any atom is -0.393 e. The maximum Gasteiger partial charge on any atom is 0.217 e. The summed E-state index contributed by atoms with van der Waals surface area (Å²) in [5.74, 6) is -1.25. The molecule has 5 N–H and O–H groups in total. The summed E-state index contributed by atoms with van der Waals surface area (Å²) in [5.41, 5.74) is 4.43. The minimum atomic E-state index is -1.34. The Morgan fingerprint density at radius 3 is 2.50 bits per heavy atom. The summed E-state index contributed by atoms with van der Waals surface area (Å²) >= 11 is 0. The van der Waals surface area contributed by atoms with Crippen molar-refractivity contribution in [2.24, 2.45) is 5.73 Å². The number of nitrogens with one attached hydrogen (secondary N) is 1. The second-order valence-electron chi connectivity index (χ2n) is 5.68. The van der Waals surface area contributed by atoms with Crippen LogP contribution in [0.4, 0.5) is 0 Å². The number of hydrogen-bond donors (Lipinski definition) is 4. The Labute approximate surface area is 117 Å². The van der Waals surface area contributed by atoms with E-state index in [1.54, 1.807) is 13.8 Å². The molecule has 116 valence electrons. The normalized spacial score (nSPS) is 43.1. The Balaban J connectivity index is 2.33. The van der Waals surface area contributed by atoms with Gasteiger partial charge in [0.05, 0.1) is 6.61 Å². The molecule has 0 aromatic heterocycles. The third-order valence-electron chi connectivity index (χ3n) is 3.65. The number of fused-ring (bicyclic) bond motifs is 1. The van der Waals surface area contributed by atoms with Crippen LogP contribution in [0.25, 0.3) is 0 Å². The zero-order chi connectivity index (χ0) is 15.1. The molecule has 0 bridgehead atoms. The lowest BCUT2D eigenvalue weighted by Gasteiger charge is -2.47. The van der Waals surface area contributed by atoms with Crippen molar-refractivity contribution in [2.75, 3.05) is 13.2 Å². The van der Waals surface area contributed by atoms with Crippen LogP contribution in [0.2, 0.25) is 0 Å². The molecule has 8 heteroatoms. The first-order chi connectivity index (χ1) is 9.24. The van der Waals surface area contributed by atoms with Crippen LogP contribution in [-0.4, -0.2) is 65.2 Å². The Kier molecular flexibility index (Phi) is 4.07. The molecule has 2 aliphatic heterocycles. The van der Waals surface area contributed by atoms with Gasteiger partial charge in [-0.1, -0.05) is 0 Å². The zero-order valence-corrected chi connectivity index (χ0v) is 11.8. The fraction of sp³-hybridized carbons (Fsp3) is 0.917. The molecule has 0 aliphatic carbocycles. The fourth-order valence-corrected chi connectivity index (χ4v) is 2.75. The highest BCUT2D eigenvalue weighted by molar-refractivity contribution is 5.73. The highest BCUT2D eigenvalue weighted by Crippen LogP contribution is 2.41. The number of rotatable bonds is 3. The molecule has 0 aromatic carbocycles. The topological polar surface area (TPSA) is 123 Å². The van der Waals surface area contributed by atoms with Gasteiger partial charge in [0.15, 0.2) is 12.1 Å². The van der Waals surface area contributed by atoms with E-state index in [1.807, 2.05) is 0 Å². The van der Waals surface area contributed by atoms with E-state index in [-0.39, 0.29) is 12.5 Å². The fourth-order valence-electron chi connectivity index (χ4n) is 2.75. The van der Waals surface area contributed by atoms with Gasteiger partial charge in [0.2, 0.25) is 5.91 Å². The van der Waals surface area contributed by atoms with Crippen molar-refractivity contribution in [2.45, 2.75) is 56.7 Å². The molecule has 2 aliphatic rings. The van der Waals surface area contributed by atoms with E-state index in [0.29, 0.717) is 0 Å². The maximum absolute atomic E-state index is 11.3. The van der Waals surface area contributed by atoms with E-state index in [4.69, 9.17) is 19.9 Å². The highest BCUT2D eigenvalue weighted by Gasteiger charge is 2.61. The summed E-state index contributed by atoms with van der Waals surface area (Å²) in [6.45, 7) is 4.28. The van der Waals surface area contributed by atoms with Crippen LogP contribution in [0.5, 0.6) is 0 Å². The second kappa shape index (κ2) is 5.21. The number of carbonyl (C=O) groups excluding carboxylic acids is 1. The Bertz CT molecular complexity index is 384. The van der Waals surface area contributed by atoms with E-state index in [0.717, 1.165) is 0 Å². The van der Waals surface area contributed by atoms with Crippen LogP contribution in [0.3, 0.4) is 0 Å². The summed E-state index contributed by atoms with van der Waals surface area (Å²) in [5, 5.41) is 22.3. The number of hydrogen-bond acceptors (Lipinski definition) is 7. The lowest BCUT2D eigenvalue weighted by atomic mass is 9.86. The van der Waals surface area contributed by atoms with Gasteiger partial charge in [-0.2, -0.15) is 0 Å². The van der Waals surface area contributed by atoms with Gasteiger partial charge in [-0.3, -0.25) is 4.79 Å². The van der Waals surface area contributed by atoms with Gasteiger partial charge >= 0.3 is 0 Å². The monoisotopic (exact) mass is 290 g/mol. The van der Waals surface area contributed by atoms with E-state index in [1.165, 1.54) is 6.92 Å². The number of aliphatic hydroxyl groups excluding tert-OH is 2. The Hall–Kier alpha value is -0.770. The van der Waals surface area contributed by atoms with Gasteiger partial charge in [0.1, 0.15) is 23.9 Å². The van der Waals surface area contributed by atoms with Crippen molar-refractivity contribution in [3.63, 3.8) is 0 Å². The van der Waals surface area contributed by atoms with Gasteiger partial charge < -0.3 is 35.5 Å². The molecule has 0 aromatic rings. The van der Waals surface area contributed by atoms with Crippen molar-refractivity contribution in [1.29, 1.82) is 0 Å². The van der Waals surface area contributed by atoms with Crippen LogP contribution < -0.4 is 11.1 Å². The molecule has 1 amide bonds. The number of nitrogens with two attached hydrogens (primary N) is 1. The maximum atomic E-state index is 11.3. The van der Waals surface area contributed by atoms with Crippen molar-refractivity contribution in [3.05, 3.63) is 0 Å².